The first-order valence-corrected chi connectivity index (χ1v) is 9.04. The minimum atomic E-state index is -0.916. The van der Waals surface area contributed by atoms with E-state index >= 15 is 0 Å². The van der Waals surface area contributed by atoms with Crippen LogP contribution in [0.4, 0.5) is 13.2 Å². The fourth-order valence-electron chi connectivity index (χ4n) is 2.73. The Bertz CT molecular complexity index is 708. The predicted molar refractivity (Wildman–Crippen MR) is 99.4 cm³/mol. The molecule has 0 aromatic heterocycles. The third-order valence-corrected chi connectivity index (χ3v) is 4.17. The number of halogens is 3. The lowest BCUT2D eigenvalue weighted by atomic mass is 10.0. The van der Waals surface area contributed by atoms with Crippen molar-refractivity contribution in [3.63, 3.8) is 0 Å². The minimum Gasteiger partial charge on any atom is -0.491 e. The molecule has 26 heavy (non-hydrogen) atoms. The molecule has 0 spiro atoms. The molecule has 2 aromatic carbocycles. The van der Waals surface area contributed by atoms with Gasteiger partial charge in [-0.15, -0.1) is 0 Å². The van der Waals surface area contributed by atoms with Gasteiger partial charge in [0, 0.05) is 0 Å². The van der Waals surface area contributed by atoms with E-state index in [4.69, 9.17) is 4.74 Å². The molecule has 0 fully saturated rings. The van der Waals surface area contributed by atoms with Gasteiger partial charge in [-0.1, -0.05) is 42.5 Å². The van der Waals surface area contributed by atoms with Crippen LogP contribution in [-0.2, 0) is 19.3 Å². The quantitative estimate of drug-likeness (QED) is 0.471. The second-order valence-electron chi connectivity index (χ2n) is 6.09. The highest BCUT2D eigenvalue weighted by molar-refractivity contribution is 5.32. The van der Waals surface area contributed by atoms with Gasteiger partial charge in [-0.25, -0.2) is 4.39 Å². The highest BCUT2D eigenvalue weighted by Crippen LogP contribution is 2.24. The number of hydrogen-bond acceptors (Lipinski definition) is 1. The highest BCUT2D eigenvalue weighted by Gasteiger charge is 2.14. The lowest BCUT2D eigenvalue weighted by Crippen LogP contribution is -2.02. The molecule has 0 saturated carbocycles. The zero-order chi connectivity index (χ0) is 18.8. The molecule has 0 atom stereocenters. The second-order valence-corrected chi connectivity index (χ2v) is 6.09. The number of alkyl halides is 1. The molecule has 0 aliphatic rings. The Kier molecular flexibility index (Phi) is 8.26. The lowest BCUT2D eigenvalue weighted by molar-refractivity contribution is 0.313. The molecule has 140 valence electrons. The van der Waals surface area contributed by atoms with Gasteiger partial charge in [0.05, 0.1) is 13.3 Å². The van der Waals surface area contributed by atoms with Gasteiger partial charge in [0.1, 0.15) is 0 Å². The molecule has 0 bridgehead atoms. The minimum absolute atomic E-state index is 0.0429. The van der Waals surface area contributed by atoms with Gasteiger partial charge in [-0.2, -0.15) is 4.39 Å². The van der Waals surface area contributed by atoms with Crippen molar-refractivity contribution in [2.24, 2.45) is 0 Å². The molecular weight excluding hydrogens is 337 g/mol. The van der Waals surface area contributed by atoms with Crippen LogP contribution in [0.15, 0.2) is 48.6 Å². The highest BCUT2D eigenvalue weighted by atomic mass is 19.2. The number of aryl methyl sites for hydroxylation is 3. The maximum absolute atomic E-state index is 14.1. The van der Waals surface area contributed by atoms with E-state index in [0.717, 1.165) is 18.4 Å². The maximum Gasteiger partial charge on any atom is 0.200 e. The summed E-state index contributed by atoms with van der Waals surface area (Å²) in [6.07, 6.45) is 7.19. The number of allylic oxidation sites excluding steroid dienone is 2. The van der Waals surface area contributed by atoms with Crippen LogP contribution in [0.5, 0.6) is 5.75 Å². The van der Waals surface area contributed by atoms with Crippen LogP contribution in [0.2, 0.25) is 0 Å². The van der Waals surface area contributed by atoms with Crippen LogP contribution < -0.4 is 4.74 Å². The molecule has 2 rings (SSSR count). The zero-order valence-electron chi connectivity index (χ0n) is 15.1. The van der Waals surface area contributed by atoms with Gasteiger partial charge in [0.2, 0.25) is 5.82 Å². The summed E-state index contributed by atoms with van der Waals surface area (Å²) in [4.78, 5) is 0. The van der Waals surface area contributed by atoms with Crippen LogP contribution in [0, 0.1) is 11.6 Å². The fourth-order valence-corrected chi connectivity index (χ4v) is 2.73. The lowest BCUT2D eigenvalue weighted by Gasteiger charge is -2.09. The van der Waals surface area contributed by atoms with Crippen molar-refractivity contribution in [1.29, 1.82) is 0 Å². The number of hydrogen-bond donors (Lipinski definition) is 0. The molecule has 0 aliphatic heterocycles. The number of rotatable bonds is 10. The Morgan fingerprint density at radius 2 is 1.46 bits per heavy atom. The molecule has 0 radical (unpaired) electrons. The van der Waals surface area contributed by atoms with Crippen molar-refractivity contribution in [3.05, 3.63) is 76.9 Å². The first-order chi connectivity index (χ1) is 12.7. The molecule has 0 amide bonds. The Morgan fingerprint density at radius 1 is 0.808 bits per heavy atom. The topological polar surface area (TPSA) is 9.23 Å². The third kappa shape index (κ3) is 5.94. The van der Waals surface area contributed by atoms with Crippen molar-refractivity contribution >= 4 is 0 Å². The Balaban J connectivity index is 1.89. The molecule has 0 N–H and O–H groups in total. The molecule has 2 aromatic rings. The van der Waals surface area contributed by atoms with Gasteiger partial charge in [-0.3, -0.25) is 4.39 Å². The number of benzene rings is 2. The molecule has 0 heterocycles. The van der Waals surface area contributed by atoms with Gasteiger partial charge < -0.3 is 4.74 Å². The second kappa shape index (κ2) is 10.7. The summed E-state index contributed by atoms with van der Waals surface area (Å²) in [6, 6.07) is 11.2. The maximum atomic E-state index is 14.1. The molecule has 0 aliphatic carbocycles. The third-order valence-electron chi connectivity index (χ3n) is 4.17. The van der Waals surface area contributed by atoms with Crippen molar-refractivity contribution in [3.8, 4) is 5.75 Å². The largest absolute Gasteiger partial charge is 0.491 e. The van der Waals surface area contributed by atoms with Gasteiger partial charge in [0.25, 0.3) is 0 Å². The Hall–Kier alpha value is -2.23. The Labute approximate surface area is 153 Å². The SMILES string of the molecule is CCOc1ccc(CCc2ccc(CC/C=C\CCF)cc2)c(F)c1F. The predicted octanol–water partition coefficient (Wildman–Crippen LogP) is 6.00. The van der Waals surface area contributed by atoms with Crippen molar-refractivity contribution in [2.45, 2.75) is 39.0 Å². The summed E-state index contributed by atoms with van der Waals surface area (Å²) in [6.45, 7) is 1.72. The van der Waals surface area contributed by atoms with Crippen LogP contribution in [0.3, 0.4) is 0 Å². The smallest absolute Gasteiger partial charge is 0.200 e. The first kappa shape index (κ1) is 20.1. The molecule has 0 saturated heterocycles. The van der Waals surface area contributed by atoms with Crippen LogP contribution in [-0.4, -0.2) is 13.3 Å². The summed E-state index contributed by atoms with van der Waals surface area (Å²) in [5.74, 6) is -1.79. The van der Waals surface area contributed by atoms with E-state index < -0.39 is 11.6 Å². The normalized spacial score (nSPS) is 11.2. The summed E-state index contributed by atoms with van der Waals surface area (Å²) in [5.41, 5.74) is 2.64. The van der Waals surface area contributed by atoms with E-state index in [9.17, 15) is 13.2 Å². The van der Waals surface area contributed by atoms with Crippen molar-refractivity contribution < 1.29 is 17.9 Å². The summed E-state index contributed by atoms with van der Waals surface area (Å²) < 4.78 is 45.0. The summed E-state index contributed by atoms with van der Waals surface area (Å²) in [5, 5.41) is 0. The van der Waals surface area contributed by atoms with Crippen LogP contribution in [0.1, 0.15) is 36.5 Å². The first-order valence-electron chi connectivity index (χ1n) is 9.04. The Morgan fingerprint density at radius 3 is 2.12 bits per heavy atom. The van der Waals surface area contributed by atoms with Crippen LogP contribution >= 0.6 is 0 Å². The molecule has 0 unspecified atom stereocenters. The van der Waals surface area contributed by atoms with Crippen LogP contribution in [0.25, 0.3) is 0 Å². The zero-order valence-corrected chi connectivity index (χ0v) is 15.1. The van der Waals surface area contributed by atoms with Crippen molar-refractivity contribution in [2.75, 3.05) is 13.3 Å². The van der Waals surface area contributed by atoms with E-state index in [2.05, 4.69) is 0 Å². The number of ether oxygens (including phenoxy) is 1. The standard InChI is InChI=1S/C22H25F3O/c1-2-26-20-15-14-19(21(24)22(20)25)13-12-18-10-8-17(9-11-18)7-5-3-4-6-16-23/h3-4,8-11,14-15H,2,5-7,12-13,16H2,1H3/b4-3-. The summed E-state index contributed by atoms with van der Waals surface area (Å²) in [7, 11) is 0. The van der Waals surface area contributed by atoms with E-state index in [0.29, 0.717) is 31.4 Å². The van der Waals surface area contributed by atoms with E-state index in [1.807, 2.05) is 36.4 Å². The summed E-state index contributed by atoms with van der Waals surface area (Å²) >= 11 is 0. The molecule has 1 nitrogen and oxygen atoms in total. The molecular formula is C22H25F3O. The average molecular weight is 362 g/mol. The van der Waals surface area contributed by atoms with Crippen molar-refractivity contribution in [1.82, 2.24) is 0 Å². The van der Waals surface area contributed by atoms with Gasteiger partial charge >= 0.3 is 0 Å². The molecule has 4 heteroatoms. The monoisotopic (exact) mass is 362 g/mol. The van der Waals surface area contributed by atoms with E-state index in [1.54, 1.807) is 13.0 Å². The van der Waals surface area contributed by atoms with E-state index in [1.165, 1.54) is 11.6 Å². The van der Waals surface area contributed by atoms with Gasteiger partial charge in [-0.05, 0) is 61.8 Å². The average Bonchev–Trinajstić information content (AvgIpc) is 2.66. The fraction of sp³-hybridized carbons (Fsp3) is 0.364. The van der Waals surface area contributed by atoms with Gasteiger partial charge in [0.15, 0.2) is 11.6 Å². The van der Waals surface area contributed by atoms with E-state index in [-0.39, 0.29) is 12.4 Å².